The number of ether oxygens (including phenoxy) is 1. The second-order valence-electron chi connectivity index (χ2n) is 11.3. The fourth-order valence-electron chi connectivity index (χ4n) is 5.74. The van der Waals surface area contributed by atoms with Crippen molar-refractivity contribution in [3.8, 4) is 0 Å². The molecular formula is C25H34O3Si. The highest BCUT2D eigenvalue weighted by atomic mass is 28.4. The van der Waals surface area contributed by atoms with Crippen LogP contribution in [0.3, 0.4) is 0 Å². The second-order valence-corrected chi connectivity index (χ2v) is 16.1. The van der Waals surface area contributed by atoms with E-state index in [0.717, 1.165) is 43.3 Å². The Morgan fingerprint density at radius 2 is 1.86 bits per heavy atom. The van der Waals surface area contributed by atoms with Crippen LogP contribution in [0.25, 0.3) is 0 Å². The van der Waals surface area contributed by atoms with Gasteiger partial charge < -0.3 is 9.16 Å². The van der Waals surface area contributed by atoms with Crippen LogP contribution in [0.1, 0.15) is 59.8 Å². The summed E-state index contributed by atoms with van der Waals surface area (Å²) in [4.78, 5) is 13.5. The fraction of sp³-hybridized carbons (Fsp3) is 0.640. The minimum atomic E-state index is -1.85. The van der Waals surface area contributed by atoms with Gasteiger partial charge in [-0.3, -0.25) is 4.79 Å². The first-order valence-electron chi connectivity index (χ1n) is 11.2. The van der Waals surface area contributed by atoms with Crippen LogP contribution in [-0.2, 0) is 14.0 Å². The minimum absolute atomic E-state index is 0.00183. The molecule has 0 aromatic heterocycles. The molecule has 0 saturated heterocycles. The lowest BCUT2D eigenvalue weighted by atomic mass is 9.67. The van der Waals surface area contributed by atoms with Gasteiger partial charge in [0.15, 0.2) is 14.1 Å². The van der Waals surface area contributed by atoms with Gasteiger partial charge in [-0.05, 0) is 73.5 Å². The van der Waals surface area contributed by atoms with Crippen LogP contribution >= 0.6 is 0 Å². The van der Waals surface area contributed by atoms with E-state index < -0.39 is 13.9 Å². The van der Waals surface area contributed by atoms with Crippen LogP contribution in [0.5, 0.6) is 0 Å². The van der Waals surface area contributed by atoms with E-state index in [-0.39, 0.29) is 28.4 Å². The first-order chi connectivity index (χ1) is 13.5. The largest absolute Gasteiger partial charge is 0.413 e. The van der Waals surface area contributed by atoms with E-state index in [0.29, 0.717) is 0 Å². The Bertz CT molecular complexity index is 913. The average molecular weight is 411 g/mol. The molecule has 156 valence electrons. The smallest absolute Gasteiger partial charge is 0.192 e. The number of allylic oxidation sites excluding steroid dienone is 2. The molecule has 3 aliphatic carbocycles. The topological polar surface area (TPSA) is 35.5 Å². The number of Topliss-reactive ketones (excluding diaryl/α,β-unsaturated/α-hetero) is 1. The van der Waals surface area contributed by atoms with Crippen LogP contribution in [0.4, 0.5) is 0 Å². The van der Waals surface area contributed by atoms with E-state index in [1.165, 1.54) is 11.1 Å². The molecule has 4 atom stereocenters. The van der Waals surface area contributed by atoms with Crippen molar-refractivity contribution in [1.82, 2.24) is 0 Å². The highest BCUT2D eigenvalue weighted by Crippen LogP contribution is 2.57. The first-order valence-corrected chi connectivity index (χ1v) is 14.1. The molecular weight excluding hydrogens is 376 g/mol. The molecule has 0 aromatic rings. The third kappa shape index (κ3) is 2.65. The van der Waals surface area contributed by atoms with Crippen LogP contribution in [0, 0.1) is 5.41 Å². The number of ketones is 1. The summed E-state index contributed by atoms with van der Waals surface area (Å²) in [5, 5.41) is 0.204. The standard InChI is InChI=1S/C25H34O3Si/c1-23(2,3)29(5,6)28-21-8-7-19-17-11-14-25-13-9-16(27-25)15-20(25)22(26)18(17)10-12-24(19,21)4/h7,9,13,15-16,21H,8,10-12,14H2,1-6H3/t16?,21-,24-,25?/m0/s1. The van der Waals surface area contributed by atoms with Crippen molar-refractivity contribution in [2.24, 2.45) is 5.41 Å². The molecule has 5 aliphatic rings. The van der Waals surface area contributed by atoms with Gasteiger partial charge in [-0.2, -0.15) is 0 Å². The Morgan fingerprint density at radius 3 is 2.55 bits per heavy atom. The molecule has 0 aromatic carbocycles. The molecule has 0 amide bonds. The van der Waals surface area contributed by atoms with E-state index in [1.807, 2.05) is 0 Å². The summed E-state index contributed by atoms with van der Waals surface area (Å²) >= 11 is 0. The third-order valence-electron chi connectivity index (χ3n) is 8.64. The highest BCUT2D eigenvalue weighted by Gasteiger charge is 2.54. The number of hydrogen-bond donors (Lipinski definition) is 0. The van der Waals surface area contributed by atoms with Crippen molar-refractivity contribution in [3.63, 3.8) is 0 Å². The van der Waals surface area contributed by atoms with Crippen molar-refractivity contribution in [2.75, 3.05) is 0 Å². The molecule has 0 fully saturated rings. The highest BCUT2D eigenvalue weighted by molar-refractivity contribution is 6.74. The number of rotatable bonds is 2. The van der Waals surface area contributed by atoms with Crippen molar-refractivity contribution < 1.29 is 14.0 Å². The number of hydrogen-bond acceptors (Lipinski definition) is 3. The quantitative estimate of drug-likeness (QED) is 0.426. The van der Waals surface area contributed by atoms with E-state index in [2.05, 4.69) is 65.1 Å². The van der Waals surface area contributed by atoms with Crippen molar-refractivity contribution in [3.05, 3.63) is 46.6 Å². The molecule has 0 saturated carbocycles. The summed E-state index contributed by atoms with van der Waals surface area (Å²) in [7, 11) is -1.85. The molecule has 1 spiro atoms. The van der Waals surface area contributed by atoms with E-state index >= 15 is 0 Å². The van der Waals surface area contributed by atoms with Gasteiger partial charge in [0.05, 0.1) is 12.2 Å². The molecule has 0 radical (unpaired) electrons. The Morgan fingerprint density at radius 1 is 1.14 bits per heavy atom. The average Bonchev–Trinajstić information content (AvgIpc) is 3.27. The Kier molecular flexibility index (Phi) is 4.03. The molecule has 2 heterocycles. The lowest BCUT2D eigenvalue weighted by Crippen LogP contribution is -2.48. The minimum Gasteiger partial charge on any atom is -0.413 e. The van der Waals surface area contributed by atoms with Crippen molar-refractivity contribution in [2.45, 2.75) is 95.7 Å². The Labute approximate surface area is 176 Å². The zero-order chi connectivity index (χ0) is 20.8. The summed E-state index contributed by atoms with van der Waals surface area (Å²) < 4.78 is 13.1. The van der Waals surface area contributed by atoms with E-state index in [9.17, 15) is 4.79 Å². The second kappa shape index (κ2) is 5.92. The van der Waals surface area contributed by atoms with Gasteiger partial charge in [0.2, 0.25) is 0 Å². The maximum atomic E-state index is 13.5. The van der Waals surface area contributed by atoms with Crippen molar-refractivity contribution >= 4 is 14.1 Å². The van der Waals surface area contributed by atoms with Gasteiger partial charge >= 0.3 is 0 Å². The van der Waals surface area contributed by atoms with Gasteiger partial charge in [0.1, 0.15) is 5.60 Å². The van der Waals surface area contributed by atoms with Gasteiger partial charge in [0.25, 0.3) is 0 Å². The SMILES string of the molecule is CC(C)(C)[Si](C)(C)O[C@H]1CC=C2C3=C(CC[C@@]21C)C(=O)C1=CC2C=CC1(CC3)O2. The van der Waals surface area contributed by atoms with Gasteiger partial charge in [0, 0.05) is 16.6 Å². The van der Waals surface area contributed by atoms with Gasteiger partial charge in [-0.15, -0.1) is 0 Å². The monoisotopic (exact) mass is 410 g/mol. The fourth-order valence-corrected chi connectivity index (χ4v) is 7.16. The van der Waals surface area contributed by atoms with E-state index in [1.54, 1.807) is 0 Å². The molecule has 29 heavy (non-hydrogen) atoms. The summed E-state index contributed by atoms with van der Waals surface area (Å²) in [6.07, 6.45) is 13.5. The third-order valence-corrected chi connectivity index (χ3v) is 13.1. The lowest BCUT2D eigenvalue weighted by molar-refractivity contribution is -0.114. The number of carbonyl (C=O) groups is 1. The summed E-state index contributed by atoms with van der Waals surface area (Å²) in [5.74, 6) is 0.237. The number of carbonyl (C=O) groups excluding carboxylic acids is 1. The maximum Gasteiger partial charge on any atom is 0.192 e. The predicted octanol–water partition coefficient (Wildman–Crippen LogP) is 5.80. The predicted molar refractivity (Wildman–Crippen MR) is 118 cm³/mol. The zero-order valence-electron chi connectivity index (χ0n) is 18.7. The molecule has 2 aliphatic heterocycles. The molecule has 2 bridgehead atoms. The zero-order valence-corrected chi connectivity index (χ0v) is 19.7. The van der Waals surface area contributed by atoms with Crippen LogP contribution in [-0.4, -0.2) is 31.9 Å². The summed E-state index contributed by atoms with van der Waals surface area (Å²) in [6, 6.07) is 0. The maximum absolute atomic E-state index is 13.5. The Hall–Kier alpha value is -1.23. The molecule has 3 nitrogen and oxygen atoms in total. The van der Waals surface area contributed by atoms with E-state index in [4.69, 9.17) is 9.16 Å². The Balaban J connectivity index is 1.47. The summed E-state index contributed by atoms with van der Waals surface area (Å²) in [6.45, 7) is 14.0. The van der Waals surface area contributed by atoms with Crippen LogP contribution in [0.2, 0.25) is 18.1 Å². The number of fused-ring (bicyclic) bond motifs is 3. The van der Waals surface area contributed by atoms with Crippen molar-refractivity contribution in [1.29, 1.82) is 0 Å². The molecule has 2 unspecified atom stereocenters. The first kappa shape index (κ1) is 19.7. The molecule has 5 rings (SSSR count). The van der Waals surface area contributed by atoms with Gasteiger partial charge in [-0.1, -0.05) is 39.8 Å². The molecule has 0 N–H and O–H groups in total. The normalized spacial score (nSPS) is 38.5. The lowest BCUT2D eigenvalue weighted by Gasteiger charge is -2.46. The van der Waals surface area contributed by atoms with Crippen LogP contribution < -0.4 is 0 Å². The summed E-state index contributed by atoms with van der Waals surface area (Å²) in [5.41, 5.74) is 4.20. The van der Waals surface area contributed by atoms with Gasteiger partial charge in [-0.25, -0.2) is 0 Å². The van der Waals surface area contributed by atoms with Crippen LogP contribution in [0.15, 0.2) is 46.6 Å². The molecule has 4 heteroatoms.